The van der Waals surface area contributed by atoms with Gasteiger partial charge in [-0.3, -0.25) is 9.59 Å². The molecule has 2 bridgehead atoms. The van der Waals surface area contributed by atoms with E-state index in [0.717, 1.165) is 44.9 Å². The van der Waals surface area contributed by atoms with Crippen LogP contribution in [0.5, 0.6) is 0 Å². The molecule has 2 saturated carbocycles. The molecule has 0 aromatic rings. The third-order valence-corrected chi connectivity index (χ3v) is 5.53. The highest BCUT2D eigenvalue weighted by Crippen LogP contribution is 2.44. The van der Waals surface area contributed by atoms with Gasteiger partial charge in [-0.2, -0.15) is 0 Å². The average Bonchev–Trinajstić information content (AvgIpc) is 3.16. The zero-order valence-corrected chi connectivity index (χ0v) is 13.1. The highest BCUT2D eigenvalue weighted by Gasteiger charge is 2.45. The first-order chi connectivity index (χ1) is 10.6. The van der Waals surface area contributed by atoms with Gasteiger partial charge < -0.3 is 10.6 Å². The maximum Gasteiger partial charge on any atom is 0.246 e. The first-order valence-corrected chi connectivity index (χ1v) is 8.54. The topological polar surface area (TPSA) is 58.2 Å². The number of rotatable bonds is 5. The van der Waals surface area contributed by atoms with Gasteiger partial charge in [0.25, 0.3) is 0 Å². The molecule has 3 unspecified atom stereocenters. The molecule has 0 aromatic carbocycles. The smallest absolute Gasteiger partial charge is 0.246 e. The van der Waals surface area contributed by atoms with Crippen molar-refractivity contribution >= 4 is 11.8 Å². The summed E-state index contributed by atoms with van der Waals surface area (Å²) in [7, 11) is 0. The lowest BCUT2D eigenvalue weighted by atomic mass is 9.79. The van der Waals surface area contributed by atoms with E-state index in [1.54, 1.807) is 6.08 Å². The molecule has 22 heavy (non-hydrogen) atoms. The Hall–Kier alpha value is -1.58. The van der Waals surface area contributed by atoms with Crippen molar-refractivity contribution in [3.05, 3.63) is 24.8 Å². The van der Waals surface area contributed by atoms with E-state index in [1.807, 2.05) is 0 Å². The minimum absolute atomic E-state index is 0.0425. The molecule has 4 heteroatoms. The summed E-state index contributed by atoms with van der Waals surface area (Å²) >= 11 is 0. The molecule has 3 aliphatic rings. The fourth-order valence-corrected chi connectivity index (χ4v) is 4.31. The second-order valence-electron chi connectivity index (χ2n) is 7.02. The van der Waals surface area contributed by atoms with Crippen LogP contribution in [0.4, 0.5) is 0 Å². The Morgan fingerprint density at radius 1 is 1.18 bits per heavy atom. The number of nitrogens with one attached hydrogen (secondary N) is 2. The van der Waals surface area contributed by atoms with Crippen LogP contribution in [0, 0.1) is 17.8 Å². The van der Waals surface area contributed by atoms with Gasteiger partial charge in [0.1, 0.15) is 5.54 Å². The fourth-order valence-electron chi connectivity index (χ4n) is 4.31. The lowest BCUT2D eigenvalue weighted by molar-refractivity contribution is -0.137. The van der Waals surface area contributed by atoms with E-state index in [0.29, 0.717) is 18.4 Å². The van der Waals surface area contributed by atoms with Gasteiger partial charge in [-0.15, -0.1) is 6.58 Å². The van der Waals surface area contributed by atoms with Crippen LogP contribution in [0.1, 0.15) is 44.9 Å². The molecule has 0 radical (unpaired) electrons. The van der Waals surface area contributed by atoms with Crippen LogP contribution in [-0.2, 0) is 9.59 Å². The minimum Gasteiger partial charge on any atom is -0.351 e. The Morgan fingerprint density at radius 2 is 1.95 bits per heavy atom. The van der Waals surface area contributed by atoms with Crippen molar-refractivity contribution in [2.45, 2.75) is 50.5 Å². The van der Waals surface area contributed by atoms with Crippen molar-refractivity contribution in [3.8, 4) is 0 Å². The third kappa shape index (κ3) is 2.83. The molecule has 0 saturated heterocycles. The number of amides is 2. The first kappa shape index (κ1) is 15.3. The van der Waals surface area contributed by atoms with E-state index in [1.165, 1.54) is 0 Å². The number of allylic oxidation sites excluding steroid dienone is 2. The molecule has 0 aromatic heterocycles. The monoisotopic (exact) mass is 302 g/mol. The molecule has 4 nitrogen and oxygen atoms in total. The average molecular weight is 302 g/mol. The van der Waals surface area contributed by atoms with Crippen LogP contribution in [0.3, 0.4) is 0 Å². The first-order valence-electron chi connectivity index (χ1n) is 8.54. The van der Waals surface area contributed by atoms with E-state index >= 15 is 0 Å². The SMILES string of the molecule is C=CCNC(=O)C1(NC(=O)C2CC3C=CC2C3)CCCCC1. The second-order valence-corrected chi connectivity index (χ2v) is 7.02. The number of carbonyl (C=O) groups excluding carboxylic acids is 2. The summed E-state index contributed by atoms with van der Waals surface area (Å²) in [5.41, 5.74) is -0.704. The van der Waals surface area contributed by atoms with Gasteiger partial charge in [0.2, 0.25) is 11.8 Å². The zero-order chi connectivity index (χ0) is 15.6. The summed E-state index contributed by atoms with van der Waals surface area (Å²) in [6.45, 7) is 4.09. The number of carbonyl (C=O) groups is 2. The van der Waals surface area contributed by atoms with Gasteiger partial charge in [0.15, 0.2) is 0 Å². The Balaban J connectivity index is 1.69. The highest BCUT2D eigenvalue weighted by atomic mass is 16.2. The van der Waals surface area contributed by atoms with Crippen LogP contribution in [0.2, 0.25) is 0 Å². The zero-order valence-electron chi connectivity index (χ0n) is 13.1. The van der Waals surface area contributed by atoms with Crippen molar-refractivity contribution in [1.29, 1.82) is 0 Å². The van der Waals surface area contributed by atoms with Gasteiger partial charge in [-0.05, 0) is 37.5 Å². The van der Waals surface area contributed by atoms with Crippen LogP contribution < -0.4 is 10.6 Å². The second kappa shape index (κ2) is 6.27. The predicted octanol–water partition coefficient (Wildman–Crippen LogP) is 2.32. The van der Waals surface area contributed by atoms with Crippen molar-refractivity contribution in [2.75, 3.05) is 6.54 Å². The quantitative estimate of drug-likeness (QED) is 0.766. The Labute approximate surface area is 132 Å². The van der Waals surface area contributed by atoms with Crippen LogP contribution in [0.25, 0.3) is 0 Å². The van der Waals surface area contributed by atoms with Crippen molar-refractivity contribution in [3.63, 3.8) is 0 Å². The normalized spacial score (nSPS) is 31.7. The summed E-state index contributed by atoms with van der Waals surface area (Å²) in [4.78, 5) is 25.3. The van der Waals surface area contributed by atoms with E-state index in [-0.39, 0.29) is 17.7 Å². The lowest BCUT2D eigenvalue weighted by Gasteiger charge is -2.37. The largest absolute Gasteiger partial charge is 0.351 e. The lowest BCUT2D eigenvalue weighted by Crippen LogP contribution is -2.60. The van der Waals surface area contributed by atoms with E-state index in [9.17, 15) is 9.59 Å². The number of hydrogen-bond acceptors (Lipinski definition) is 2. The number of hydrogen-bond donors (Lipinski definition) is 2. The van der Waals surface area contributed by atoms with Crippen LogP contribution in [-0.4, -0.2) is 23.9 Å². The van der Waals surface area contributed by atoms with Gasteiger partial charge in [-0.25, -0.2) is 0 Å². The standard InChI is InChI=1S/C18H26N2O2/c1-2-10-19-17(22)18(8-4-3-5-9-18)20-16(21)15-12-13-6-7-14(15)11-13/h2,6-7,13-15H,1,3-5,8-12H2,(H,19,22)(H,20,21). The molecule has 0 heterocycles. The van der Waals surface area contributed by atoms with E-state index in [4.69, 9.17) is 0 Å². The molecular formula is C18H26N2O2. The minimum atomic E-state index is -0.704. The summed E-state index contributed by atoms with van der Waals surface area (Å²) in [6.07, 6.45) is 12.8. The van der Waals surface area contributed by atoms with E-state index in [2.05, 4.69) is 29.4 Å². The van der Waals surface area contributed by atoms with Crippen LogP contribution >= 0.6 is 0 Å². The Morgan fingerprint density at radius 3 is 2.55 bits per heavy atom. The number of fused-ring (bicyclic) bond motifs is 2. The maximum absolute atomic E-state index is 12.7. The van der Waals surface area contributed by atoms with Gasteiger partial charge in [0, 0.05) is 12.5 Å². The van der Waals surface area contributed by atoms with Gasteiger partial charge in [-0.1, -0.05) is 37.5 Å². The van der Waals surface area contributed by atoms with Gasteiger partial charge >= 0.3 is 0 Å². The summed E-state index contributed by atoms with van der Waals surface area (Å²) in [6, 6.07) is 0. The molecule has 120 valence electrons. The Bertz CT molecular complexity index is 491. The third-order valence-electron chi connectivity index (χ3n) is 5.53. The highest BCUT2D eigenvalue weighted by molar-refractivity contribution is 5.92. The summed E-state index contributed by atoms with van der Waals surface area (Å²) in [5.74, 6) is 1.03. The fraction of sp³-hybridized carbons (Fsp3) is 0.667. The molecule has 0 spiro atoms. The molecule has 0 aliphatic heterocycles. The molecule has 3 atom stereocenters. The van der Waals surface area contributed by atoms with Crippen molar-refractivity contribution in [1.82, 2.24) is 10.6 Å². The molecular weight excluding hydrogens is 276 g/mol. The summed E-state index contributed by atoms with van der Waals surface area (Å²) < 4.78 is 0. The Kier molecular flexibility index (Phi) is 4.37. The molecule has 3 aliphatic carbocycles. The molecule has 3 rings (SSSR count). The maximum atomic E-state index is 12.7. The summed E-state index contributed by atoms with van der Waals surface area (Å²) in [5, 5.41) is 6.04. The van der Waals surface area contributed by atoms with Crippen molar-refractivity contribution < 1.29 is 9.59 Å². The van der Waals surface area contributed by atoms with E-state index < -0.39 is 5.54 Å². The molecule has 2 fully saturated rings. The predicted molar refractivity (Wildman–Crippen MR) is 86.0 cm³/mol. The van der Waals surface area contributed by atoms with Gasteiger partial charge in [0.05, 0.1) is 0 Å². The molecule has 2 amide bonds. The van der Waals surface area contributed by atoms with Crippen molar-refractivity contribution in [2.24, 2.45) is 17.8 Å². The molecule has 2 N–H and O–H groups in total. The van der Waals surface area contributed by atoms with Crippen LogP contribution in [0.15, 0.2) is 24.8 Å².